The Hall–Kier alpha value is -1.14. The van der Waals surface area contributed by atoms with Gasteiger partial charge in [0.1, 0.15) is 0 Å². The summed E-state index contributed by atoms with van der Waals surface area (Å²) in [5.41, 5.74) is 8.56. The second-order valence-corrected chi connectivity index (χ2v) is 6.61. The molecule has 0 radical (unpaired) electrons. The third kappa shape index (κ3) is 4.17. The molecule has 0 unspecified atom stereocenters. The summed E-state index contributed by atoms with van der Waals surface area (Å²) >= 11 is 0. The molecule has 4 N–H and O–H groups in total. The van der Waals surface area contributed by atoms with E-state index in [0.29, 0.717) is 5.56 Å². The topological polar surface area (TPSA) is 76.4 Å². The summed E-state index contributed by atoms with van der Waals surface area (Å²) in [5, 5.41) is 6.88. The standard InChI is InChI=1S/C19H31N3O2.ClH/c1-5-19(6-2)15-11-14(18(20)23)8-7-13(15)12-16(24-4)17(19)22-10-9-21-3;/h7-8,11,16-17,21-22H,5-6,9-10,12H2,1-4H3,(H2,20,23);1H/t16-,17+;/m1./s1. The van der Waals surface area contributed by atoms with Crippen LogP contribution in [0.25, 0.3) is 0 Å². The highest BCUT2D eigenvalue weighted by Gasteiger charge is 2.46. The molecule has 25 heavy (non-hydrogen) atoms. The SMILES string of the molecule is CCC1(CC)c2cc(C(N)=O)ccc2C[C@@H](OC)[C@@H]1NCCNC.Cl. The molecule has 1 aromatic carbocycles. The quantitative estimate of drug-likeness (QED) is 0.613. The molecule has 0 aliphatic heterocycles. The maximum absolute atomic E-state index is 11.7. The molecule has 0 saturated heterocycles. The molecule has 6 heteroatoms. The fraction of sp³-hybridized carbons (Fsp3) is 0.632. The van der Waals surface area contributed by atoms with Gasteiger partial charge in [-0.15, -0.1) is 12.4 Å². The zero-order chi connectivity index (χ0) is 17.7. The molecule has 0 heterocycles. The first-order chi connectivity index (χ1) is 11.5. The number of ether oxygens (including phenoxy) is 1. The number of hydrogen-bond acceptors (Lipinski definition) is 4. The first-order valence-corrected chi connectivity index (χ1v) is 8.88. The van der Waals surface area contributed by atoms with Crippen molar-refractivity contribution in [1.82, 2.24) is 10.6 Å². The first kappa shape index (κ1) is 21.9. The number of hydrogen-bond donors (Lipinski definition) is 3. The molecule has 2 rings (SSSR count). The van der Waals surface area contributed by atoms with Crippen molar-refractivity contribution < 1.29 is 9.53 Å². The number of likely N-dealkylation sites (N-methyl/N-ethyl adjacent to an activating group) is 1. The van der Waals surface area contributed by atoms with Crippen molar-refractivity contribution in [1.29, 1.82) is 0 Å². The van der Waals surface area contributed by atoms with Crippen LogP contribution >= 0.6 is 12.4 Å². The molecule has 2 atom stereocenters. The number of carbonyl (C=O) groups is 1. The molecule has 1 aromatic rings. The van der Waals surface area contributed by atoms with E-state index in [0.717, 1.165) is 32.4 Å². The lowest BCUT2D eigenvalue weighted by molar-refractivity contribution is 0.0248. The Labute approximate surface area is 157 Å². The summed E-state index contributed by atoms with van der Waals surface area (Å²) in [5.74, 6) is -0.368. The number of carbonyl (C=O) groups excluding carboxylic acids is 1. The van der Waals surface area contributed by atoms with E-state index < -0.39 is 0 Å². The molecule has 1 aliphatic carbocycles. The number of methoxy groups -OCH3 is 1. The van der Waals surface area contributed by atoms with E-state index >= 15 is 0 Å². The molecule has 1 amide bonds. The molecule has 1 aliphatic rings. The number of halogens is 1. The first-order valence-electron chi connectivity index (χ1n) is 8.88. The van der Waals surface area contributed by atoms with Crippen LogP contribution in [0.15, 0.2) is 18.2 Å². The highest BCUT2D eigenvalue weighted by molar-refractivity contribution is 5.93. The summed E-state index contributed by atoms with van der Waals surface area (Å²) < 4.78 is 5.85. The number of rotatable bonds is 8. The van der Waals surface area contributed by atoms with Crippen LogP contribution in [0.3, 0.4) is 0 Å². The van der Waals surface area contributed by atoms with Gasteiger partial charge in [-0.2, -0.15) is 0 Å². The number of benzene rings is 1. The zero-order valence-electron chi connectivity index (χ0n) is 15.7. The van der Waals surface area contributed by atoms with Gasteiger partial charge >= 0.3 is 0 Å². The van der Waals surface area contributed by atoms with Gasteiger partial charge in [0.05, 0.1) is 6.10 Å². The van der Waals surface area contributed by atoms with Crippen molar-refractivity contribution in [2.75, 3.05) is 27.2 Å². The Bertz CT molecular complexity index is 576. The fourth-order valence-electron chi connectivity index (χ4n) is 4.20. The lowest BCUT2D eigenvalue weighted by Crippen LogP contribution is -2.59. The molecule has 142 valence electrons. The zero-order valence-corrected chi connectivity index (χ0v) is 16.5. The van der Waals surface area contributed by atoms with Crippen molar-refractivity contribution in [3.05, 3.63) is 34.9 Å². The number of fused-ring (bicyclic) bond motifs is 1. The van der Waals surface area contributed by atoms with Crippen LogP contribution in [-0.4, -0.2) is 45.3 Å². The summed E-state index contributed by atoms with van der Waals surface area (Å²) in [6, 6.07) is 6.09. The minimum absolute atomic E-state index is 0. The van der Waals surface area contributed by atoms with Crippen LogP contribution < -0.4 is 16.4 Å². The van der Waals surface area contributed by atoms with Crippen molar-refractivity contribution in [3.8, 4) is 0 Å². The third-order valence-electron chi connectivity index (χ3n) is 5.62. The van der Waals surface area contributed by atoms with E-state index in [-0.39, 0.29) is 35.9 Å². The van der Waals surface area contributed by atoms with Gasteiger partial charge in [0.25, 0.3) is 0 Å². The molecule has 0 bridgehead atoms. The second-order valence-electron chi connectivity index (χ2n) is 6.61. The average molecular weight is 370 g/mol. The maximum atomic E-state index is 11.7. The largest absolute Gasteiger partial charge is 0.379 e. The Morgan fingerprint density at radius 1 is 1.32 bits per heavy atom. The van der Waals surface area contributed by atoms with Crippen molar-refractivity contribution >= 4 is 18.3 Å². The molecular weight excluding hydrogens is 338 g/mol. The highest BCUT2D eigenvalue weighted by Crippen LogP contribution is 2.44. The number of nitrogens with two attached hydrogens (primary N) is 1. The highest BCUT2D eigenvalue weighted by atomic mass is 35.5. The lowest BCUT2D eigenvalue weighted by Gasteiger charge is -2.49. The van der Waals surface area contributed by atoms with Gasteiger partial charge in [-0.3, -0.25) is 4.79 Å². The van der Waals surface area contributed by atoms with Crippen LogP contribution in [0.1, 0.15) is 48.2 Å². The summed E-state index contributed by atoms with van der Waals surface area (Å²) in [6.07, 6.45) is 2.93. The summed E-state index contributed by atoms with van der Waals surface area (Å²) in [6.45, 7) is 6.22. The van der Waals surface area contributed by atoms with Crippen LogP contribution in [0.5, 0.6) is 0 Å². The predicted octanol–water partition coefficient (Wildman–Crippen LogP) is 2.01. The Balaban J connectivity index is 0.00000312. The molecule has 0 aromatic heterocycles. The lowest BCUT2D eigenvalue weighted by atomic mass is 9.62. The Kier molecular flexibility index (Phi) is 8.35. The van der Waals surface area contributed by atoms with E-state index in [1.54, 1.807) is 7.11 Å². The van der Waals surface area contributed by atoms with E-state index in [4.69, 9.17) is 10.5 Å². The monoisotopic (exact) mass is 369 g/mol. The third-order valence-corrected chi connectivity index (χ3v) is 5.62. The van der Waals surface area contributed by atoms with E-state index in [1.807, 2.05) is 25.2 Å². The molecule has 0 spiro atoms. The van der Waals surface area contributed by atoms with Gasteiger partial charge < -0.3 is 21.1 Å². The normalized spacial score (nSPS) is 21.3. The maximum Gasteiger partial charge on any atom is 0.248 e. The van der Waals surface area contributed by atoms with Crippen LogP contribution in [0, 0.1) is 0 Å². The van der Waals surface area contributed by atoms with E-state index in [1.165, 1.54) is 11.1 Å². The minimum Gasteiger partial charge on any atom is -0.379 e. The van der Waals surface area contributed by atoms with Crippen molar-refractivity contribution in [2.24, 2.45) is 5.73 Å². The molecule has 5 nitrogen and oxygen atoms in total. The summed E-state index contributed by atoms with van der Waals surface area (Å²) in [4.78, 5) is 11.7. The molecule has 0 saturated carbocycles. The minimum atomic E-state index is -0.368. The Morgan fingerprint density at radius 2 is 2.00 bits per heavy atom. The van der Waals surface area contributed by atoms with E-state index in [9.17, 15) is 4.79 Å². The van der Waals surface area contributed by atoms with Crippen molar-refractivity contribution in [3.63, 3.8) is 0 Å². The summed E-state index contributed by atoms with van der Waals surface area (Å²) in [7, 11) is 3.74. The van der Waals surface area contributed by atoms with E-state index in [2.05, 4.69) is 24.5 Å². The van der Waals surface area contributed by atoms with Gasteiger partial charge in [0.15, 0.2) is 0 Å². The van der Waals surface area contributed by atoms with Gasteiger partial charge in [-0.05, 0) is 43.1 Å². The molecular formula is C19H32ClN3O2. The predicted molar refractivity (Wildman–Crippen MR) is 105 cm³/mol. The number of primary amides is 1. The van der Waals surface area contributed by atoms with Gasteiger partial charge in [0.2, 0.25) is 5.91 Å². The smallest absolute Gasteiger partial charge is 0.248 e. The van der Waals surface area contributed by atoms with Gasteiger partial charge in [-0.25, -0.2) is 0 Å². The van der Waals surface area contributed by atoms with Crippen molar-refractivity contribution in [2.45, 2.75) is 50.7 Å². The number of nitrogens with one attached hydrogen (secondary N) is 2. The van der Waals surface area contributed by atoms with Crippen LogP contribution in [0.4, 0.5) is 0 Å². The number of amides is 1. The molecule has 0 fully saturated rings. The second kappa shape index (κ2) is 9.53. The van der Waals surface area contributed by atoms with Gasteiger partial charge in [-0.1, -0.05) is 19.9 Å². The fourth-order valence-corrected chi connectivity index (χ4v) is 4.20. The van der Waals surface area contributed by atoms with Gasteiger partial charge in [0, 0.05) is 43.6 Å². The Morgan fingerprint density at radius 3 is 2.52 bits per heavy atom. The van der Waals surface area contributed by atoms with Crippen LogP contribution in [-0.2, 0) is 16.6 Å². The van der Waals surface area contributed by atoms with Crippen LogP contribution in [0.2, 0.25) is 0 Å². The average Bonchev–Trinajstić information content (AvgIpc) is 2.60.